The van der Waals surface area contributed by atoms with Crippen LogP contribution in [0.15, 0.2) is 53.7 Å². The molecule has 0 radical (unpaired) electrons. The first kappa shape index (κ1) is 21.8. The van der Waals surface area contributed by atoms with E-state index in [1.807, 2.05) is 35.9 Å². The number of rotatable bonds is 7. The topological polar surface area (TPSA) is 52.2 Å². The Labute approximate surface area is 179 Å². The van der Waals surface area contributed by atoms with E-state index in [-0.39, 0.29) is 5.91 Å². The van der Waals surface area contributed by atoms with Gasteiger partial charge in [-0.05, 0) is 56.4 Å². The molecule has 3 aromatic rings. The lowest BCUT2D eigenvalue weighted by Crippen LogP contribution is -2.22. The highest BCUT2D eigenvalue weighted by Gasteiger charge is 2.13. The molecule has 3 rings (SSSR count). The molecule has 0 aliphatic carbocycles. The molecule has 30 heavy (non-hydrogen) atoms. The Bertz CT molecular complexity index is 1070. The third-order valence-electron chi connectivity index (χ3n) is 5.29. The van der Waals surface area contributed by atoms with E-state index in [2.05, 4.69) is 66.7 Å². The fourth-order valence-electron chi connectivity index (χ4n) is 3.63. The van der Waals surface area contributed by atoms with Gasteiger partial charge in [-0.2, -0.15) is 10.1 Å². The molecule has 5 nitrogen and oxygen atoms in total. The van der Waals surface area contributed by atoms with Crippen molar-refractivity contribution in [2.24, 2.45) is 10.9 Å². The molecule has 1 amide bonds. The van der Waals surface area contributed by atoms with Crippen LogP contribution in [0.4, 0.5) is 0 Å². The molecule has 0 fully saturated rings. The number of carbonyl (C=O) groups is 1. The maximum atomic E-state index is 12.6. The minimum Gasteiger partial charge on any atom is -0.329 e. The molecule has 1 aromatic carbocycles. The number of amides is 1. The average Bonchev–Trinajstić information content (AvgIpc) is 2.95. The van der Waals surface area contributed by atoms with Crippen molar-refractivity contribution in [2.45, 2.75) is 60.5 Å². The van der Waals surface area contributed by atoms with Crippen molar-refractivity contribution in [3.8, 4) is 0 Å². The number of nitrogens with zero attached hydrogens (tertiary/aromatic N) is 4. The Morgan fingerprint density at radius 3 is 2.50 bits per heavy atom. The maximum Gasteiger partial charge on any atom is 0.247 e. The van der Waals surface area contributed by atoms with Crippen molar-refractivity contribution in [1.82, 2.24) is 14.3 Å². The summed E-state index contributed by atoms with van der Waals surface area (Å²) in [6, 6.07) is 14.2. The minimum absolute atomic E-state index is 0.103. The zero-order chi connectivity index (χ0) is 21.7. The molecule has 0 saturated heterocycles. The van der Waals surface area contributed by atoms with Crippen molar-refractivity contribution < 1.29 is 4.79 Å². The average molecular weight is 405 g/mol. The molecule has 0 unspecified atom stereocenters. The number of aromatic nitrogens is 3. The first-order valence-electron chi connectivity index (χ1n) is 10.6. The van der Waals surface area contributed by atoms with E-state index in [0.29, 0.717) is 30.8 Å². The van der Waals surface area contributed by atoms with Crippen molar-refractivity contribution in [3.63, 3.8) is 0 Å². The first-order chi connectivity index (χ1) is 14.3. The van der Waals surface area contributed by atoms with Gasteiger partial charge in [0.05, 0.1) is 5.69 Å². The summed E-state index contributed by atoms with van der Waals surface area (Å²) >= 11 is 0. The molecule has 0 aliphatic rings. The lowest BCUT2D eigenvalue weighted by Gasteiger charge is -2.08. The number of benzene rings is 1. The predicted molar refractivity (Wildman–Crippen MR) is 120 cm³/mol. The van der Waals surface area contributed by atoms with Gasteiger partial charge < -0.3 is 4.57 Å². The van der Waals surface area contributed by atoms with Crippen molar-refractivity contribution in [3.05, 3.63) is 82.2 Å². The van der Waals surface area contributed by atoms with Crippen LogP contribution in [0, 0.1) is 26.7 Å². The van der Waals surface area contributed by atoms with Crippen LogP contribution in [-0.2, 0) is 24.3 Å². The predicted octanol–water partition coefficient (Wildman–Crippen LogP) is 4.37. The van der Waals surface area contributed by atoms with Crippen molar-refractivity contribution in [2.75, 3.05) is 0 Å². The summed E-state index contributed by atoms with van der Waals surface area (Å²) in [5.74, 6) is 0.434. The van der Waals surface area contributed by atoms with Gasteiger partial charge in [0.2, 0.25) is 5.91 Å². The second-order valence-corrected chi connectivity index (χ2v) is 8.40. The van der Waals surface area contributed by atoms with Crippen molar-refractivity contribution >= 4 is 5.91 Å². The summed E-state index contributed by atoms with van der Waals surface area (Å²) in [6.45, 7) is 12.1. The Hall–Kier alpha value is -2.95. The minimum atomic E-state index is -0.103. The second-order valence-electron chi connectivity index (χ2n) is 8.40. The fraction of sp³-hybridized carbons (Fsp3) is 0.400. The van der Waals surface area contributed by atoms with Crippen LogP contribution in [0.25, 0.3) is 0 Å². The SMILES string of the molecule is Cc1ccc(Cn2ccccc2=NC(=O)CCc2c(C)nn(CC(C)C)c2C)cc1. The van der Waals surface area contributed by atoms with Crippen LogP contribution in [0.2, 0.25) is 0 Å². The van der Waals surface area contributed by atoms with Crippen LogP contribution < -0.4 is 5.49 Å². The van der Waals surface area contributed by atoms with Gasteiger partial charge in [0.1, 0.15) is 5.49 Å². The van der Waals surface area contributed by atoms with E-state index in [0.717, 1.165) is 17.9 Å². The zero-order valence-electron chi connectivity index (χ0n) is 18.7. The van der Waals surface area contributed by atoms with Gasteiger partial charge >= 0.3 is 0 Å². The lowest BCUT2D eigenvalue weighted by molar-refractivity contribution is -0.118. The lowest BCUT2D eigenvalue weighted by atomic mass is 10.1. The van der Waals surface area contributed by atoms with Crippen LogP contribution in [0.1, 0.15) is 48.3 Å². The van der Waals surface area contributed by atoms with E-state index in [9.17, 15) is 4.79 Å². The van der Waals surface area contributed by atoms with Gasteiger partial charge in [0, 0.05) is 31.4 Å². The van der Waals surface area contributed by atoms with E-state index in [4.69, 9.17) is 0 Å². The molecule has 0 bridgehead atoms. The van der Waals surface area contributed by atoms with Gasteiger partial charge in [-0.15, -0.1) is 0 Å². The summed E-state index contributed by atoms with van der Waals surface area (Å²) in [5, 5.41) is 4.65. The van der Waals surface area contributed by atoms with Gasteiger partial charge in [0.15, 0.2) is 0 Å². The number of carbonyl (C=O) groups excluding carboxylic acids is 1. The van der Waals surface area contributed by atoms with E-state index < -0.39 is 0 Å². The molecule has 0 N–H and O–H groups in total. The van der Waals surface area contributed by atoms with E-state index >= 15 is 0 Å². The highest BCUT2D eigenvalue weighted by molar-refractivity contribution is 5.77. The highest BCUT2D eigenvalue weighted by Crippen LogP contribution is 2.16. The normalized spacial score (nSPS) is 12.0. The van der Waals surface area contributed by atoms with Crippen molar-refractivity contribution in [1.29, 1.82) is 0 Å². The van der Waals surface area contributed by atoms with Crippen LogP contribution in [-0.4, -0.2) is 20.3 Å². The number of aryl methyl sites for hydroxylation is 2. The Morgan fingerprint density at radius 2 is 1.80 bits per heavy atom. The molecule has 0 atom stereocenters. The standard InChI is InChI=1S/C25H32N4O/c1-18(2)16-29-21(5)23(20(4)27-29)13-14-25(30)26-24-8-6-7-15-28(24)17-22-11-9-19(3)10-12-22/h6-12,15,18H,13-14,16-17H2,1-5H3. The summed E-state index contributed by atoms with van der Waals surface area (Å²) in [6.07, 6.45) is 3.02. The molecular formula is C25H32N4O. The maximum absolute atomic E-state index is 12.6. The van der Waals surface area contributed by atoms with Gasteiger partial charge in [-0.3, -0.25) is 9.48 Å². The largest absolute Gasteiger partial charge is 0.329 e. The Morgan fingerprint density at radius 1 is 1.07 bits per heavy atom. The van der Waals surface area contributed by atoms with Gasteiger partial charge in [0.25, 0.3) is 0 Å². The molecule has 2 heterocycles. The van der Waals surface area contributed by atoms with Gasteiger partial charge in [-0.25, -0.2) is 0 Å². The summed E-state index contributed by atoms with van der Waals surface area (Å²) in [4.78, 5) is 17.0. The Kier molecular flexibility index (Phi) is 7.03. The summed E-state index contributed by atoms with van der Waals surface area (Å²) < 4.78 is 4.07. The Balaban J connectivity index is 1.73. The zero-order valence-corrected chi connectivity index (χ0v) is 18.7. The molecule has 5 heteroatoms. The quantitative estimate of drug-likeness (QED) is 0.587. The number of pyridine rings is 1. The van der Waals surface area contributed by atoms with Crippen LogP contribution in [0.5, 0.6) is 0 Å². The molecule has 0 spiro atoms. The van der Waals surface area contributed by atoms with Crippen LogP contribution in [0.3, 0.4) is 0 Å². The third kappa shape index (κ3) is 5.56. The summed E-state index contributed by atoms with van der Waals surface area (Å²) in [5.41, 5.74) is 6.44. The molecule has 158 valence electrons. The van der Waals surface area contributed by atoms with E-state index in [1.165, 1.54) is 16.7 Å². The van der Waals surface area contributed by atoms with E-state index in [1.54, 1.807) is 0 Å². The van der Waals surface area contributed by atoms with Crippen LogP contribution >= 0.6 is 0 Å². The third-order valence-corrected chi connectivity index (χ3v) is 5.29. The highest BCUT2D eigenvalue weighted by atomic mass is 16.1. The molecular weight excluding hydrogens is 372 g/mol. The number of hydrogen-bond acceptors (Lipinski definition) is 2. The molecule has 0 aliphatic heterocycles. The first-order valence-corrected chi connectivity index (χ1v) is 10.6. The molecule has 2 aromatic heterocycles. The number of hydrogen-bond donors (Lipinski definition) is 0. The summed E-state index contributed by atoms with van der Waals surface area (Å²) in [7, 11) is 0. The van der Waals surface area contributed by atoms with Gasteiger partial charge in [-0.1, -0.05) is 49.7 Å². The monoisotopic (exact) mass is 404 g/mol. The fourth-order valence-corrected chi connectivity index (χ4v) is 3.63. The smallest absolute Gasteiger partial charge is 0.247 e. The molecule has 0 saturated carbocycles. The second kappa shape index (κ2) is 9.70.